The fourth-order valence-electron chi connectivity index (χ4n) is 2.84. The van der Waals surface area contributed by atoms with Gasteiger partial charge in [-0.15, -0.1) is 0 Å². The summed E-state index contributed by atoms with van der Waals surface area (Å²) >= 11 is 0. The molecule has 1 aliphatic rings. The number of nitrogens with zero attached hydrogens (tertiary/aromatic N) is 2. The first-order valence-electron chi connectivity index (χ1n) is 8.37. The van der Waals surface area contributed by atoms with Crippen LogP contribution in [0, 0.1) is 5.92 Å². The number of hydrogen-bond donors (Lipinski definition) is 1. The Morgan fingerprint density at radius 2 is 1.83 bits per heavy atom. The Hall–Kier alpha value is -1.43. The molecule has 1 aromatic carbocycles. The van der Waals surface area contributed by atoms with Crippen molar-refractivity contribution >= 4 is 5.91 Å². The minimum absolute atomic E-state index is 0.123. The van der Waals surface area contributed by atoms with Crippen molar-refractivity contribution in [1.29, 1.82) is 0 Å². The van der Waals surface area contributed by atoms with Crippen LogP contribution in [-0.2, 0) is 16.1 Å². The smallest absolute Gasteiger partial charge is 0.227 e. The van der Waals surface area contributed by atoms with Gasteiger partial charge in [-0.25, -0.2) is 0 Å². The standard InChI is InChI=1S/C18H28N2O3/c1-15(13-23-14-17-6-4-3-5-7-17)18(22)20-10-8-19(9-11-20)12-16(2)21/h3-7,15-16,21H,8-14H2,1-2H3/t15-,16+/m1/s1. The molecule has 1 saturated heterocycles. The first-order chi connectivity index (χ1) is 11.1. The Morgan fingerprint density at radius 1 is 1.17 bits per heavy atom. The quantitative estimate of drug-likeness (QED) is 0.824. The normalized spacial score (nSPS) is 18.7. The van der Waals surface area contributed by atoms with Crippen LogP contribution in [0.5, 0.6) is 0 Å². The van der Waals surface area contributed by atoms with Gasteiger partial charge in [0.25, 0.3) is 0 Å². The number of ether oxygens (including phenoxy) is 1. The predicted octanol–water partition coefficient (Wildman–Crippen LogP) is 1.36. The molecule has 2 rings (SSSR count). The van der Waals surface area contributed by atoms with Crippen LogP contribution in [0.1, 0.15) is 19.4 Å². The van der Waals surface area contributed by atoms with Gasteiger partial charge in [-0.1, -0.05) is 37.3 Å². The molecule has 1 aromatic rings. The van der Waals surface area contributed by atoms with Crippen LogP contribution < -0.4 is 0 Å². The summed E-state index contributed by atoms with van der Waals surface area (Å²) in [5, 5.41) is 9.42. The van der Waals surface area contributed by atoms with Crippen molar-refractivity contribution in [3.05, 3.63) is 35.9 Å². The predicted molar refractivity (Wildman–Crippen MR) is 90.0 cm³/mol. The number of aliphatic hydroxyl groups is 1. The van der Waals surface area contributed by atoms with Gasteiger partial charge in [-0.05, 0) is 12.5 Å². The van der Waals surface area contributed by atoms with Gasteiger partial charge in [0.2, 0.25) is 5.91 Å². The molecule has 0 saturated carbocycles. The number of piperazine rings is 1. The fraction of sp³-hybridized carbons (Fsp3) is 0.611. The SMILES string of the molecule is C[C@H](O)CN1CCN(C(=O)[C@H](C)COCc2ccccc2)CC1. The van der Waals surface area contributed by atoms with E-state index in [0.29, 0.717) is 19.8 Å². The molecule has 128 valence electrons. The maximum Gasteiger partial charge on any atom is 0.227 e. The zero-order chi connectivity index (χ0) is 16.7. The van der Waals surface area contributed by atoms with Gasteiger partial charge in [-0.2, -0.15) is 0 Å². The number of β-amino-alcohol motifs (C(OH)–C–C–N with tert-alkyl or cyclic N) is 1. The summed E-state index contributed by atoms with van der Waals surface area (Å²) in [5.41, 5.74) is 1.12. The molecular weight excluding hydrogens is 292 g/mol. The second kappa shape index (κ2) is 9.01. The van der Waals surface area contributed by atoms with E-state index in [1.807, 2.05) is 42.2 Å². The van der Waals surface area contributed by atoms with Crippen molar-refractivity contribution in [2.75, 3.05) is 39.3 Å². The lowest BCUT2D eigenvalue weighted by Crippen LogP contribution is -2.51. The van der Waals surface area contributed by atoms with Gasteiger partial charge in [0.1, 0.15) is 0 Å². The molecule has 1 heterocycles. The van der Waals surface area contributed by atoms with E-state index in [4.69, 9.17) is 4.74 Å². The maximum absolute atomic E-state index is 12.4. The fourth-order valence-corrected chi connectivity index (χ4v) is 2.84. The van der Waals surface area contributed by atoms with Crippen molar-refractivity contribution in [3.8, 4) is 0 Å². The minimum atomic E-state index is -0.317. The highest BCUT2D eigenvalue weighted by molar-refractivity contribution is 5.78. The minimum Gasteiger partial charge on any atom is -0.392 e. The van der Waals surface area contributed by atoms with E-state index in [-0.39, 0.29) is 17.9 Å². The van der Waals surface area contributed by atoms with Gasteiger partial charge >= 0.3 is 0 Å². The Morgan fingerprint density at radius 3 is 2.43 bits per heavy atom. The van der Waals surface area contributed by atoms with Crippen LogP contribution in [-0.4, -0.2) is 66.2 Å². The van der Waals surface area contributed by atoms with Gasteiger partial charge in [0.15, 0.2) is 0 Å². The molecule has 5 nitrogen and oxygen atoms in total. The average molecular weight is 320 g/mol. The van der Waals surface area contributed by atoms with Crippen molar-refractivity contribution in [2.24, 2.45) is 5.92 Å². The third-order valence-electron chi connectivity index (χ3n) is 4.11. The van der Waals surface area contributed by atoms with E-state index in [1.165, 1.54) is 0 Å². The van der Waals surface area contributed by atoms with E-state index in [9.17, 15) is 9.90 Å². The molecule has 1 fully saturated rings. The highest BCUT2D eigenvalue weighted by Gasteiger charge is 2.25. The van der Waals surface area contributed by atoms with Crippen LogP contribution in [0.4, 0.5) is 0 Å². The highest BCUT2D eigenvalue weighted by Crippen LogP contribution is 2.10. The second-order valence-corrected chi connectivity index (χ2v) is 6.38. The summed E-state index contributed by atoms with van der Waals surface area (Å²) in [4.78, 5) is 16.6. The van der Waals surface area contributed by atoms with E-state index < -0.39 is 0 Å². The van der Waals surface area contributed by atoms with Gasteiger partial charge < -0.3 is 14.7 Å². The molecule has 0 bridgehead atoms. The van der Waals surface area contributed by atoms with Crippen molar-refractivity contribution in [2.45, 2.75) is 26.6 Å². The maximum atomic E-state index is 12.4. The summed E-state index contributed by atoms with van der Waals surface area (Å²) in [6.45, 7) is 8.50. The molecule has 2 atom stereocenters. The summed E-state index contributed by atoms with van der Waals surface area (Å²) in [6.07, 6.45) is -0.317. The second-order valence-electron chi connectivity index (χ2n) is 6.38. The third-order valence-corrected chi connectivity index (χ3v) is 4.11. The number of carbonyl (C=O) groups excluding carboxylic acids is 1. The summed E-state index contributed by atoms with van der Waals surface area (Å²) in [6, 6.07) is 9.99. The zero-order valence-corrected chi connectivity index (χ0v) is 14.1. The third kappa shape index (κ3) is 5.94. The van der Waals surface area contributed by atoms with Crippen molar-refractivity contribution in [3.63, 3.8) is 0 Å². The van der Waals surface area contributed by atoms with Crippen LogP contribution in [0.25, 0.3) is 0 Å². The lowest BCUT2D eigenvalue weighted by molar-refractivity contribution is -0.139. The van der Waals surface area contributed by atoms with E-state index in [2.05, 4.69) is 4.90 Å². The molecule has 23 heavy (non-hydrogen) atoms. The molecule has 0 unspecified atom stereocenters. The van der Waals surface area contributed by atoms with Gasteiger partial charge in [0.05, 0.1) is 25.2 Å². The number of hydrogen-bond acceptors (Lipinski definition) is 4. The number of carbonyl (C=O) groups is 1. The molecular formula is C18H28N2O3. The van der Waals surface area contributed by atoms with Crippen molar-refractivity contribution in [1.82, 2.24) is 9.80 Å². The number of aliphatic hydroxyl groups excluding tert-OH is 1. The largest absolute Gasteiger partial charge is 0.392 e. The monoisotopic (exact) mass is 320 g/mol. The summed E-state index contributed by atoms with van der Waals surface area (Å²) in [7, 11) is 0. The van der Waals surface area contributed by atoms with Gasteiger partial charge in [0, 0.05) is 32.7 Å². The summed E-state index contributed by atoms with van der Waals surface area (Å²) < 4.78 is 5.68. The zero-order valence-electron chi connectivity index (χ0n) is 14.1. The Balaban J connectivity index is 1.69. The van der Waals surface area contributed by atoms with Gasteiger partial charge in [-0.3, -0.25) is 9.69 Å². The molecule has 1 aliphatic heterocycles. The van der Waals surface area contributed by atoms with E-state index in [1.54, 1.807) is 6.92 Å². The van der Waals surface area contributed by atoms with Crippen molar-refractivity contribution < 1.29 is 14.6 Å². The molecule has 0 radical (unpaired) electrons. The van der Waals surface area contributed by atoms with Crippen LogP contribution >= 0.6 is 0 Å². The molecule has 1 N–H and O–H groups in total. The molecule has 5 heteroatoms. The number of amides is 1. The Bertz CT molecular complexity index is 470. The topological polar surface area (TPSA) is 53.0 Å². The molecule has 0 spiro atoms. The van der Waals surface area contributed by atoms with Crippen LogP contribution in [0.3, 0.4) is 0 Å². The number of benzene rings is 1. The first-order valence-corrected chi connectivity index (χ1v) is 8.37. The molecule has 1 amide bonds. The lowest BCUT2D eigenvalue weighted by Gasteiger charge is -2.36. The number of rotatable bonds is 7. The lowest BCUT2D eigenvalue weighted by atomic mass is 10.1. The molecule has 0 aliphatic carbocycles. The summed E-state index contributed by atoms with van der Waals surface area (Å²) in [5.74, 6) is 0.0387. The van der Waals surface area contributed by atoms with E-state index in [0.717, 1.165) is 31.7 Å². The molecule has 0 aromatic heterocycles. The van der Waals surface area contributed by atoms with Crippen LogP contribution in [0.2, 0.25) is 0 Å². The average Bonchev–Trinajstić information content (AvgIpc) is 2.55. The highest BCUT2D eigenvalue weighted by atomic mass is 16.5. The first kappa shape index (κ1) is 17.9. The Labute approximate surface area is 138 Å². The Kier molecular flexibility index (Phi) is 7.02. The van der Waals surface area contributed by atoms with E-state index >= 15 is 0 Å². The van der Waals surface area contributed by atoms with Crippen LogP contribution in [0.15, 0.2) is 30.3 Å².